The molecule has 0 saturated carbocycles. The van der Waals surface area contributed by atoms with Crippen molar-refractivity contribution in [2.75, 3.05) is 13.2 Å². The molecule has 1 unspecified atom stereocenters. The van der Waals surface area contributed by atoms with Crippen LogP contribution in [0.1, 0.15) is 17.4 Å². The predicted octanol–water partition coefficient (Wildman–Crippen LogP) is 2.04. The van der Waals surface area contributed by atoms with Gasteiger partial charge in [-0.1, -0.05) is 72.8 Å². The molecule has 2 aromatic rings. The van der Waals surface area contributed by atoms with Crippen molar-refractivity contribution >= 4 is 24.2 Å². The molecule has 2 fully saturated rings. The Balaban J connectivity index is 1.63. The van der Waals surface area contributed by atoms with Gasteiger partial charge in [-0.05, 0) is 5.56 Å². The quantitative estimate of drug-likeness (QED) is 0.572. The van der Waals surface area contributed by atoms with Crippen LogP contribution in [0, 0.1) is 0 Å². The second-order valence-electron chi connectivity index (χ2n) is 6.74. The summed E-state index contributed by atoms with van der Waals surface area (Å²) >= 11 is 0. The van der Waals surface area contributed by atoms with Crippen LogP contribution >= 0.6 is 0 Å². The molecule has 28 heavy (non-hydrogen) atoms. The van der Waals surface area contributed by atoms with Crippen molar-refractivity contribution in [2.45, 2.75) is 18.3 Å². The van der Waals surface area contributed by atoms with Gasteiger partial charge in [0.2, 0.25) is 5.91 Å². The molecule has 2 aliphatic heterocycles. The molecule has 0 aliphatic carbocycles. The van der Waals surface area contributed by atoms with Crippen molar-refractivity contribution in [2.24, 2.45) is 0 Å². The zero-order chi connectivity index (χ0) is 19.5. The third kappa shape index (κ3) is 3.23. The van der Waals surface area contributed by atoms with Crippen molar-refractivity contribution in [3.8, 4) is 0 Å². The van der Waals surface area contributed by atoms with E-state index in [0.29, 0.717) is 6.29 Å². The number of amides is 2. The maximum atomic E-state index is 12.8. The van der Waals surface area contributed by atoms with E-state index in [0.717, 1.165) is 11.1 Å². The van der Waals surface area contributed by atoms with Crippen molar-refractivity contribution in [3.05, 3.63) is 77.9 Å². The van der Waals surface area contributed by atoms with Crippen LogP contribution < -0.4 is 0 Å². The van der Waals surface area contributed by atoms with Gasteiger partial charge in [0.1, 0.15) is 18.9 Å². The van der Waals surface area contributed by atoms with Gasteiger partial charge in [0.25, 0.3) is 5.91 Å². The molecule has 6 nitrogen and oxygen atoms in total. The van der Waals surface area contributed by atoms with Crippen LogP contribution in [0.5, 0.6) is 0 Å². The molecule has 4 rings (SSSR count). The first kappa shape index (κ1) is 18.1. The highest BCUT2D eigenvalue weighted by molar-refractivity contribution is 5.96. The molecule has 2 heterocycles. The number of hydrogen-bond donors (Lipinski definition) is 0. The second kappa shape index (κ2) is 7.78. The molecular weight excluding hydrogens is 356 g/mol. The van der Waals surface area contributed by atoms with Crippen molar-refractivity contribution < 1.29 is 19.1 Å². The Bertz CT molecular complexity index is 897. The maximum absolute atomic E-state index is 12.8. The van der Waals surface area contributed by atoms with E-state index in [1.54, 1.807) is 0 Å². The van der Waals surface area contributed by atoms with Crippen LogP contribution in [0.3, 0.4) is 0 Å². The highest BCUT2D eigenvalue weighted by Gasteiger charge is 2.54. The molecule has 0 spiro atoms. The number of aldehydes is 1. The van der Waals surface area contributed by atoms with Crippen LogP contribution in [-0.4, -0.2) is 53.1 Å². The predicted molar refractivity (Wildman–Crippen MR) is 103 cm³/mol. The highest BCUT2D eigenvalue weighted by atomic mass is 16.5. The Kier molecular flexibility index (Phi) is 5.04. The first-order valence-corrected chi connectivity index (χ1v) is 9.16. The Morgan fingerprint density at radius 2 is 1.68 bits per heavy atom. The molecule has 6 heteroatoms. The van der Waals surface area contributed by atoms with E-state index in [4.69, 9.17) is 4.74 Å². The molecule has 0 bridgehead atoms. The lowest BCUT2D eigenvalue weighted by Gasteiger charge is -2.49. The van der Waals surface area contributed by atoms with Crippen LogP contribution in [-0.2, 0) is 19.1 Å². The molecule has 2 saturated heterocycles. The van der Waals surface area contributed by atoms with Crippen molar-refractivity contribution in [3.63, 3.8) is 0 Å². The van der Waals surface area contributed by atoms with Gasteiger partial charge in [0.05, 0.1) is 12.6 Å². The van der Waals surface area contributed by atoms with Gasteiger partial charge in [-0.3, -0.25) is 14.5 Å². The molecule has 0 radical (unpaired) electrons. The standard InChI is InChI=1S/C22H20N2O4/c25-14-13-23-18(12-11-16-7-3-1-4-8-16)20(21(23)27)24-19(26)15-28-22(24)17-9-5-2-6-10-17/h1-12,14,18,20,22H,13,15H2/b12-11+/t18-,20+,22?/m1/s1. The fraction of sp³-hybridized carbons (Fsp3) is 0.227. The zero-order valence-electron chi connectivity index (χ0n) is 15.2. The highest BCUT2D eigenvalue weighted by Crippen LogP contribution is 2.36. The number of ether oxygens (including phenoxy) is 1. The molecule has 3 atom stereocenters. The van der Waals surface area contributed by atoms with E-state index in [9.17, 15) is 14.4 Å². The summed E-state index contributed by atoms with van der Waals surface area (Å²) < 4.78 is 5.69. The van der Waals surface area contributed by atoms with Gasteiger partial charge in [0, 0.05) is 5.56 Å². The first-order valence-electron chi connectivity index (χ1n) is 9.16. The first-order chi connectivity index (χ1) is 13.7. The summed E-state index contributed by atoms with van der Waals surface area (Å²) in [5, 5.41) is 0. The van der Waals surface area contributed by atoms with E-state index < -0.39 is 12.3 Å². The van der Waals surface area contributed by atoms with E-state index in [-0.39, 0.29) is 31.0 Å². The van der Waals surface area contributed by atoms with E-state index >= 15 is 0 Å². The summed E-state index contributed by atoms with van der Waals surface area (Å²) in [6, 6.07) is 18.0. The number of likely N-dealkylation sites (tertiary alicyclic amines) is 1. The van der Waals surface area contributed by atoms with Crippen molar-refractivity contribution in [1.82, 2.24) is 9.80 Å². The molecule has 0 N–H and O–H groups in total. The number of carbonyl (C=O) groups is 3. The van der Waals surface area contributed by atoms with Crippen LogP contribution in [0.25, 0.3) is 6.08 Å². The van der Waals surface area contributed by atoms with E-state index in [1.807, 2.05) is 72.8 Å². The maximum Gasteiger partial charge on any atom is 0.251 e. The number of benzene rings is 2. The molecular formula is C22H20N2O4. The smallest absolute Gasteiger partial charge is 0.251 e. The number of nitrogens with zero attached hydrogens (tertiary/aromatic N) is 2. The third-order valence-electron chi connectivity index (χ3n) is 5.07. The summed E-state index contributed by atoms with van der Waals surface area (Å²) in [4.78, 5) is 39.3. The molecule has 142 valence electrons. The Labute approximate surface area is 163 Å². The van der Waals surface area contributed by atoms with E-state index in [2.05, 4.69) is 0 Å². The molecule has 2 amide bonds. The fourth-order valence-electron chi connectivity index (χ4n) is 3.72. The SMILES string of the molecule is O=CCN1C(=O)[C@@H](N2C(=O)COC2c2ccccc2)[C@H]1/C=C/c1ccccc1. The minimum Gasteiger partial charge on any atom is -0.344 e. The summed E-state index contributed by atoms with van der Waals surface area (Å²) in [6.07, 6.45) is 3.88. The van der Waals surface area contributed by atoms with Gasteiger partial charge >= 0.3 is 0 Å². The lowest BCUT2D eigenvalue weighted by molar-refractivity contribution is -0.165. The Hall–Kier alpha value is -3.25. The number of rotatable bonds is 6. The topological polar surface area (TPSA) is 66.9 Å². The Morgan fingerprint density at radius 3 is 2.36 bits per heavy atom. The normalized spacial score (nSPS) is 24.6. The molecule has 0 aromatic heterocycles. The second-order valence-corrected chi connectivity index (χ2v) is 6.74. The minimum atomic E-state index is -0.680. The zero-order valence-corrected chi connectivity index (χ0v) is 15.2. The number of hydrogen-bond acceptors (Lipinski definition) is 4. The van der Waals surface area contributed by atoms with Crippen LogP contribution in [0.4, 0.5) is 0 Å². The minimum absolute atomic E-state index is 0.00196. The van der Waals surface area contributed by atoms with Gasteiger partial charge in [-0.25, -0.2) is 0 Å². The Morgan fingerprint density at radius 1 is 1.00 bits per heavy atom. The lowest BCUT2D eigenvalue weighted by Crippen LogP contribution is -2.70. The average Bonchev–Trinajstić information content (AvgIpc) is 3.11. The van der Waals surface area contributed by atoms with Crippen LogP contribution in [0.2, 0.25) is 0 Å². The largest absolute Gasteiger partial charge is 0.344 e. The summed E-state index contributed by atoms with van der Waals surface area (Å²) in [5.41, 5.74) is 1.80. The van der Waals surface area contributed by atoms with Gasteiger partial charge < -0.3 is 14.4 Å². The van der Waals surface area contributed by atoms with Gasteiger partial charge in [-0.15, -0.1) is 0 Å². The van der Waals surface area contributed by atoms with Crippen LogP contribution in [0.15, 0.2) is 66.7 Å². The molecule has 2 aromatic carbocycles. The lowest BCUT2D eigenvalue weighted by atomic mass is 9.91. The van der Waals surface area contributed by atoms with E-state index in [1.165, 1.54) is 9.80 Å². The van der Waals surface area contributed by atoms with Crippen molar-refractivity contribution in [1.29, 1.82) is 0 Å². The number of carbonyl (C=O) groups excluding carboxylic acids is 3. The average molecular weight is 376 g/mol. The molecule has 2 aliphatic rings. The number of β-lactam (4-membered cyclic amide) rings is 1. The summed E-state index contributed by atoms with van der Waals surface area (Å²) in [5.74, 6) is -0.467. The van der Waals surface area contributed by atoms with Gasteiger partial charge in [0.15, 0.2) is 6.23 Å². The van der Waals surface area contributed by atoms with Gasteiger partial charge in [-0.2, -0.15) is 0 Å². The monoisotopic (exact) mass is 376 g/mol. The summed E-state index contributed by atoms with van der Waals surface area (Å²) in [7, 11) is 0. The summed E-state index contributed by atoms with van der Waals surface area (Å²) in [6.45, 7) is -0.0653. The third-order valence-corrected chi connectivity index (χ3v) is 5.07. The fourth-order valence-corrected chi connectivity index (χ4v) is 3.72.